The van der Waals surface area contributed by atoms with Crippen LogP contribution in [0.3, 0.4) is 0 Å². The summed E-state index contributed by atoms with van der Waals surface area (Å²) in [6.45, 7) is 3.34. The number of carbonyl (C=O) groups excluding carboxylic acids is 1. The molecule has 0 saturated carbocycles. The summed E-state index contributed by atoms with van der Waals surface area (Å²) in [5.41, 5.74) is 1.49. The Morgan fingerprint density at radius 2 is 2.41 bits per heavy atom. The summed E-state index contributed by atoms with van der Waals surface area (Å²) in [5, 5.41) is 11.6. The fourth-order valence-electron chi connectivity index (χ4n) is 2.52. The van der Waals surface area contributed by atoms with E-state index in [0.29, 0.717) is 5.56 Å². The summed E-state index contributed by atoms with van der Waals surface area (Å²) in [4.78, 5) is 16.0. The maximum atomic E-state index is 11.8. The molecule has 0 spiro atoms. The third-order valence-electron chi connectivity index (χ3n) is 3.61. The summed E-state index contributed by atoms with van der Waals surface area (Å²) in [5.74, 6) is 0.537. The average Bonchev–Trinajstić information content (AvgIpc) is 3.20. The Kier molecular flexibility index (Phi) is 4.22. The fourth-order valence-corrected chi connectivity index (χ4v) is 2.52. The Balaban J connectivity index is 1.65. The first-order chi connectivity index (χ1) is 10.8. The maximum Gasteiger partial charge on any atom is 0.338 e. The molecule has 2 heterocycles. The molecule has 1 aliphatic heterocycles. The number of aromatic nitrogens is 2. The Hall–Kier alpha value is -2.57. The maximum absolute atomic E-state index is 11.8. The number of carbonyl (C=O) groups is 1. The molecule has 3 rings (SSSR count). The molecule has 0 atom stereocenters. The first kappa shape index (κ1) is 14.4. The standard InChI is InChI=1S/C15H19N5O2/c1-22-14(21)11-4-2-5-13-12(11)10-19-20(13)9-3-6-16-15-17-7-8-18-15/h2,4-5,10H,3,6-9H2,1H3,(H2,16,17,18). The number of fused-ring (bicyclic) bond motifs is 1. The van der Waals surface area contributed by atoms with Crippen LogP contribution in [0.1, 0.15) is 16.8 Å². The number of guanidine groups is 1. The fraction of sp³-hybridized carbons (Fsp3) is 0.400. The Morgan fingerprint density at radius 3 is 3.18 bits per heavy atom. The number of aliphatic imine (C=N–C) groups is 1. The zero-order valence-corrected chi connectivity index (χ0v) is 12.5. The van der Waals surface area contributed by atoms with E-state index in [1.807, 2.05) is 16.8 Å². The lowest BCUT2D eigenvalue weighted by Gasteiger charge is -2.07. The van der Waals surface area contributed by atoms with Crippen LogP contribution >= 0.6 is 0 Å². The van der Waals surface area contributed by atoms with E-state index < -0.39 is 0 Å². The van der Waals surface area contributed by atoms with Gasteiger partial charge in [-0.1, -0.05) is 6.07 Å². The van der Waals surface area contributed by atoms with Gasteiger partial charge in [0.15, 0.2) is 5.96 Å². The number of hydrogen-bond acceptors (Lipinski definition) is 6. The minimum Gasteiger partial charge on any atom is -0.465 e. The van der Waals surface area contributed by atoms with E-state index in [0.717, 1.165) is 49.5 Å². The number of nitrogens with zero attached hydrogens (tertiary/aromatic N) is 3. The van der Waals surface area contributed by atoms with Gasteiger partial charge in [-0.15, -0.1) is 0 Å². The molecule has 7 heteroatoms. The molecule has 2 N–H and O–H groups in total. The molecule has 7 nitrogen and oxygen atoms in total. The van der Waals surface area contributed by atoms with Crippen molar-refractivity contribution in [1.82, 2.24) is 20.4 Å². The van der Waals surface area contributed by atoms with Crippen molar-refractivity contribution in [2.75, 3.05) is 26.7 Å². The van der Waals surface area contributed by atoms with E-state index in [1.54, 1.807) is 12.3 Å². The second-order valence-corrected chi connectivity index (χ2v) is 5.04. The Bertz CT molecular complexity index is 707. The molecule has 0 aliphatic carbocycles. The van der Waals surface area contributed by atoms with Gasteiger partial charge in [0.2, 0.25) is 0 Å². The first-order valence-corrected chi connectivity index (χ1v) is 7.34. The van der Waals surface area contributed by atoms with E-state index in [9.17, 15) is 4.79 Å². The van der Waals surface area contributed by atoms with E-state index >= 15 is 0 Å². The van der Waals surface area contributed by atoms with E-state index in [2.05, 4.69) is 20.7 Å². The molecule has 0 amide bonds. The summed E-state index contributed by atoms with van der Waals surface area (Å²) >= 11 is 0. The lowest BCUT2D eigenvalue weighted by molar-refractivity contribution is 0.0603. The minimum absolute atomic E-state index is 0.336. The predicted molar refractivity (Wildman–Crippen MR) is 84.0 cm³/mol. The lowest BCUT2D eigenvalue weighted by atomic mass is 10.1. The number of rotatable bonds is 5. The smallest absolute Gasteiger partial charge is 0.338 e. The van der Waals surface area contributed by atoms with Crippen molar-refractivity contribution in [2.45, 2.75) is 13.0 Å². The number of aryl methyl sites for hydroxylation is 1. The number of esters is 1. The van der Waals surface area contributed by atoms with Crippen LogP contribution in [0, 0.1) is 0 Å². The zero-order chi connectivity index (χ0) is 15.4. The molecule has 0 saturated heterocycles. The molecule has 0 fully saturated rings. The summed E-state index contributed by atoms with van der Waals surface area (Å²) in [7, 11) is 1.39. The van der Waals surface area contributed by atoms with Gasteiger partial charge in [-0.05, 0) is 18.6 Å². The van der Waals surface area contributed by atoms with Gasteiger partial charge in [0, 0.05) is 25.0 Å². The molecule has 1 aromatic heterocycles. The van der Waals surface area contributed by atoms with Gasteiger partial charge in [0.1, 0.15) is 0 Å². The van der Waals surface area contributed by atoms with Crippen molar-refractivity contribution in [3.63, 3.8) is 0 Å². The van der Waals surface area contributed by atoms with Crippen LogP contribution in [0.25, 0.3) is 10.9 Å². The Morgan fingerprint density at radius 1 is 1.50 bits per heavy atom. The normalized spacial score (nSPS) is 13.8. The highest BCUT2D eigenvalue weighted by Gasteiger charge is 2.13. The third-order valence-corrected chi connectivity index (χ3v) is 3.61. The van der Waals surface area contributed by atoms with Gasteiger partial charge in [-0.2, -0.15) is 5.10 Å². The van der Waals surface area contributed by atoms with Crippen molar-refractivity contribution in [3.05, 3.63) is 30.0 Å². The van der Waals surface area contributed by atoms with Crippen LogP contribution in [0.2, 0.25) is 0 Å². The molecule has 1 aromatic carbocycles. The van der Waals surface area contributed by atoms with Crippen LogP contribution in [0.15, 0.2) is 29.4 Å². The highest BCUT2D eigenvalue weighted by atomic mass is 16.5. The van der Waals surface area contributed by atoms with Gasteiger partial charge in [-0.3, -0.25) is 9.67 Å². The van der Waals surface area contributed by atoms with Crippen molar-refractivity contribution < 1.29 is 9.53 Å². The molecule has 0 unspecified atom stereocenters. The molecule has 22 heavy (non-hydrogen) atoms. The van der Waals surface area contributed by atoms with Crippen LogP contribution in [0.5, 0.6) is 0 Å². The van der Waals surface area contributed by atoms with E-state index in [-0.39, 0.29) is 5.97 Å². The second-order valence-electron chi connectivity index (χ2n) is 5.04. The number of ether oxygens (including phenoxy) is 1. The summed E-state index contributed by atoms with van der Waals surface area (Å²) in [6.07, 6.45) is 2.64. The van der Waals surface area contributed by atoms with Gasteiger partial charge in [0.25, 0.3) is 0 Å². The molecule has 0 radical (unpaired) electrons. The monoisotopic (exact) mass is 301 g/mol. The van der Waals surface area contributed by atoms with Crippen molar-refractivity contribution in [1.29, 1.82) is 0 Å². The number of hydrogen-bond donors (Lipinski definition) is 2. The highest BCUT2D eigenvalue weighted by Crippen LogP contribution is 2.19. The highest BCUT2D eigenvalue weighted by molar-refractivity contribution is 6.03. The average molecular weight is 301 g/mol. The largest absolute Gasteiger partial charge is 0.465 e. The van der Waals surface area contributed by atoms with Crippen molar-refractivity contribution >= 4 is 22.8 Å². The number of benzene rings is 1. The van der Waals surface area contributed by atoms with E-state index in [1.165, 1.54) is 7.11 Å². The van der Waals surface area contributed by atoms with Crippen LogP contribution in [-0.4, -0.2) is 48.5 Å². The minimum atomic E-state index is -0.336. The Labute approximate surface area is 128 Å². The van der Waals surface area contributed by atoms with Gasteiger partial charge >= 0.3 is 5.97 Å². The molecular weight excluding hydrogens is 282 g/mol. The van der Waals surface area contributed by atoms with Crippen LogP contribution in [0.4, 0.5) is 0 Å². The van der Waals surface area contributed by atoms with Crippen LogP contribution < -0.4 is 10.6 Å². The molecule has 0 bridgehead atoms. The summed E-state index contributed by atoms with van der Waals surface area (Å²) < 4.78 is 6.71. The summed E-state index contributed by atoms with van der Waals surface area (Å²) in [6, 6.07) is 5.57. The van der Waals surface area contributed by atoms with Crippen LogP contribution in [-0.2, 0) is 11.3 Å². The predicted octanol–water partition coefficient (Wildman–Crippen LogP) is 0.762. The SMILES string of the molecule is COC(=O)c1cccc2c1cnn2CCCNC1=NCCN1. The molecule has 1 aliphatic rings. The molecular formula is C15H19N5O2. The number of methoxy groups -OCH3 is 1. The quantitative estimate of drug-likeness (QED) is 0.629. The first-order valence-electron chi connectivity index (χ1n) is 7.34. The molecule has 116 valence electrons. The topological polar surface area (TPSA) is 80.5 Å². The van der Waals surface area contributed by atoms with Crippen molar-refractivity contribution in [2.24, 2.45) is 4.99 Å². The van der Waals surface area contributed by atoms with Gasteiger partial charge in [-0.25, -0.2) is 4.79 Å². The van der Waals surface area contributed by atoms with E-state index in [4.69, 9.17) is 4.74 Å². The van der Waals surface area contributed by atoms with Gasteiger partial charge in [0.05, 0.1) is 30.9 Å². The lowest BCUT2D eigenvalue weighted by Crippen LogP contribution is -2.34. The van der Waals surface area contributed by atoms with Crippen molar-refractivity contribution in [3.8, 4) is 0 Å². The van der Waals surface area contributed by atoms with Gasteiger partial charge < -0.3 is 15.4 Å². The second kappa shape index (κ2) is 6.46. The number of nitrogens with one attached hydrogen (secondary N) is 2. The molecule has 2 aromatic rings. The third kappa shape index (κ3) is 2.88. The zero-order valence-electron chi connectivity index (χ0n) is 12.5.